The highest BCUT2D eigenvalue weighted by atomic mass is 16.8. The van der Waals surface area contributed by atoms with Crippen molar-refractivity contribution >= 4 is 0 Å². The van der Waals surface area contributed by atoms with Crippen molar-refractivity contribution in [1.29, 1.82) is 0 Å². The van der Waals surface area contributed by atoms with Crippen LogP contribution >= 0.6 is 0 Å². The van der Waals surface area contributed by atoms with Gasteiger partial charge in [-0.25, -0.2) is 0 Å². The Morgan fingerprint density at radius 1 is 0.903 bits per heavy atom. The predicted octanol–water partition coefficient (Wildman–Crippen LogP) is 3.09. The minimum absolute atomic E-state index is 0.210. The van der Waals surface area contributed by atoms with Gasteiger partial charge < -0.3 is 24.1 Å². The van der Waals surface area contributed by atoms with Crippen LogP contribution in [0.2, 0.25) is 0 Å². The van der Waals surface area contributed by atoms with Gasteiger partial charge in [0.2, 0.25) is 0 Å². The Bertz CT molecular complexity index is 772. The Morgan fingerprint density at radius 2 is 1.58 bits per heavy atom. The molecule has 31 heavy (non-hydrogen) atoms. The van der Waals surface area contributed by atoms with Gasteiger partial charge >= 0.3 is 0 Å². The van der Waals surface area contributed by atoms with E-state index in [1.54, 1.807) is 0 Å². The molecule has 5 rings (SSSR count). The zero-order valence-electron chi connectivity index (χ0n) is 17.7. The predicted molar refractivity (Wildman–Crippen MR) is 115 cm³/mol. The zero-order valence-corrected chi connectivity index (χ0v) is 17.7. The third kappa shape index (κ3) is 4.85. The largest absolute Gasteiger partial charge is 0.386 e. The number of nitrogens with zero attached hydrogens (tertiary/aromatic N) is 1. The summed E-state index contributed by atoms with van der Waals surface area (Å²) in [4.78, 5) is 2.31. The van der Waals surface area contributed by atoms with E-state index in [4.69, 9.17) is 18.9 Å². The quantitative estimate of drug-likeness (QED) is 0.736. The fourth-order valence-corrected chi connectivity index (χ4v) is 4.86. The third-order valence-corrected chi connectivity index (χ3v) is 6.39. The molecule has 0 saturated carbocycles. The highest BCUT2D eigenvalue weighted by Crippen LogP contribution is 2.35. The van der Waals surface area contributed by atoms with Crippen LogP contribution in [0.25, 0.3) is 0 Å². The smallest absolute Gasteiger partial charge is 0.185 e. The molecule has 166 valence electrons. The summed E-state index contributed by atoms with van der Waals surface area (Å²) in [5.74, 6) is 0. The van der Waals surface area contributed by atoms with Gasteiger partial charge in [0.25, 0.3) is 0 Å². The number of rotatable bonds is 7. The van der Waals surface area contributed by atoms with Crippen LogP contribution in [0.3, 0.4) is 0 Å². The van der Waals surface area contributed by atoms with Gasteiger partial charge in [-0.1, -0.05) is 60.7 Å². The molecular weight excluding hydrogens is 394 g/mol. The van der Waals surface area contributed by atoms with Crippen molar-refractivity contribution in [1.82, 2.24) is 4.90 Å². The summed E-state index contributed by atoms with van der Waals surface area (Å²) in [5, 5.41) is 11.3. The van der Waals surface area contributed by atoms with Crippen LogP contribution in [0.1, 0.15) is 30.4 Å². The highest BCUT2D eigenvalue weighted by Gasteiger charge is 2.53. The second-order valence-corrected chi connectivity index (χ2v) is 8.63. The van der Waals surface area contributed by atoms with E-state index in [1.807, 2.05) is 36.4 Å². The summed E-state index contributed by atoms with van der Waals surface area (Å²) >= 11 is 0. The monoisotopic (exact) mass is 425 g/mol. The highest BCUT2D eigenvalue weighted by molar-refractivity contribution is 5.18. The molecule has 1 N–H and O–H groups in total. The minimum Gasteiger partial charge on any atom is -0.386 e. The van der Waals surface area contributed by atoms with Gasteiger partial charge in [0.1, 0.15) is 18.3 Å². The van der Waals surface area contributed by atoms with Crippen molar-refractivity contribution in [2.75, 3.05) is 13.2 Å². The summed E-state index contributed by atoms with van der Waals surface area (Å²) in [6, 6.07) is 20.5. The molecule has 2 aromatic carbocycles. The number of hydrogen-bond acceptors (Lipinski definition) is 6. The van der Waals surface area contributed by atoms with Crippen molar-refractivity contribution in [3.8, 4) is 0 Å². The van der Waals surface area contributed by atoms with Crippen molar-refractivity contribution in [3.63, 3.8) is 0 Å². The molecule has 6 atom stereocenters. The topological polar surface area (TPSA) is 60.4 Å². The fourth-order valence-electron chi connectivity index (χ4n) is 4.86. The molecule has 2 aromatic rings. The van der Waals surface area contributed by atoms with Crippen LogP contribution in [0.5, 0.6) is 0 Å². The van der Waals surface area contributed by atoms with Crippen LogP contribution < -0.4 is 0 Å². The van der Waals surface area contributed by atoms with E-state index in [2.05, 4.69) is 29.2 Å². The lowest BCUT2D eigenvalue weighted by molar-refractivity contribution is -0.270. The molecular formula is C25H31NO5. The van der Waals surface area contributed by atoms with E-state index >= 15 is 0 Å². The summed E-state index contributed by atoms with van der Waals surface area (Å²) in [6.07, 6.45) is 0.805. The molecule has 3 fully saturated rings. The Hall–Kier alpha value is -1.80. The fraction of sp³-hybridized carbons (Fsp3) is 0.520. The molecule has 3 heterocycles. The van der Waals surface area contributed by atoms with Gasteiger partial charge in [-0.2, -0.15) is 0 Å². The minimum atomic E-state index is -0.806. The lowest BCUT2D eigenvalue weighted by atomic mass is 9.94. The molecule has 0 spiro atoms. The zero-order chi connectivity index (χ0) is 21.0. The average Bonchev–Trinajstić information content (AvgIpc) is 3.26. The average molecular weight is 426 g/mol. The molecule has 0 radical (unpaired) electrons. The molecule has 3 aliphatic heterocycles. The van der Waals surface area contributed by atoms with Gasteiger partial charge in [0.15, 0.2) is 12.6 Å². The first kappa shape index (κ1) is 21.1. The first-order chi connectivity index (χ1) is 15.3. The van der Waals surface area contributed by atoms with Crippen LogP contribution in [0.4, 0.5) is 0 Å². The number of fused-ring (bicyclic) bond motifs is 2. The number of aliphatic hydroxyl groups excluding tert-OH is 1. The number of ether oxygens (including phenoxy) is 4. The Balaban J connectivity index is 1.44. The molecule has 1 unspecified atom stereocenters. The molecule has 0 aliphatic carbocycles. The normalized spacial score (nSPS) is 33.0. The third-order valence-electron chi connectivity index (χ3n) is 6.39. The Labute approximate surface area is 183 Å². The molecule has 3 aliphatic rings. The van der Waals surface area contributed by atoms with Crippen molar-refractivity contribution in [2.45, 2.75) is 69.3 Å². The maximum Gasteiger partial charge on any atom is 0.185 e. The van der Waals surface area contributed by atoms with E-state index in [0.29, 0.717) is 26.3 Å². The summed E-state index contributed by atoms with van der Waals surface area (Å²) in [7, 11) is 0. The number of aliphatic hydroxyl groups is 1. The summed E-state index contributed by atoms with van der Waals surface area (Å²) in [6.45, 7) is 2.54. The van der Waals surface area contributed by atoms with E-state index in [9.17, 15) is 5.11 Å². The van der Waals surface area contributed by atoms with Crippen molar-refractivity contribution < 1.29 is 24.1 Å². The van der Waals surface area contributed by atoms with Gasteiger partial charge in [-0.3, -0.25) is 4.90 Å². The molecule has 2 bridgehead atoms. The van der Waals surface area contributed by atoms with Crippen molar-refractivity contribution in [2.24, 2.45) is 0 Å². The maximum absolute atomic E-state index is 11.3. The lowest BCUT2D eigenvalue weighted by Crippen LogP contribution is -2.62. The second kappa shape index (κ2) is 9.77. The first-order valence-electron chi connectivity index (χ1n) is 11.3. The van der Waals surface area contributed by atoms with Gasteiger partial charge in [-0.15, -0.1) is 0 Å². The van der Waals surface area contributed by atoms with E-state index in [0.717, 1.165) is 19.3 Å². The molecule has 3 saturated heterocycles. The second-order valence-electron chi connectivity index (χ2n) is 8.63. The molecule has 6 heteroatoms. The van der Waals surface area contributed by atoms with Crippen molar-refractivity contribution in [3.05, 3.63) is 71.8 Å². The lowest BCUT2D eigenvalue weighted by Gasteiger charge is -2.45. The van der Waals surface area contributed by atoms with E-state index < -0.39 is 12.4 Å². The summed E-state index contributed by atoms with van der Waals surface area (Å²) in [5.41, 5.74) is 2.39. The standard InChI is InChI=1S/C25H31NO5/c27-23-22(24(20-17-29-25(23)30-20)31-21-13-7-8-14-28-21)26(15-18-9-3-1-4-10-18)16-19-11-5-2-6-12-19/h1-6,9-12,20-25,27H,7-8,13-17H2/t20-,21?,22+,23-,24+,25-/m1/s1. The van der Waals surface area contributed by atoms with E-state index in [-0.39, 0.29) is 24.5 Å². The van der Waals surface area contributed by atoms with Gasteiger partial charge in [-0.05, 0) is 30.4 Å². The molecule has 0 aromatic heterocycles. The number of hydrogen-bond donors (Lipinski definition) is 1. The SMILES string of the molecule is O[C@H]1[C@@H]2OC[C@@H](O2)[C@H](OC2CCCCO2)[C@H]1N(Cc1ccccc1)Cc1ccccc1. The van der Waals surface area contributed by atoms with Gasteiger partial charge in [0.05, 0.1) is 12.6 Å². The first-order valence-corrected chi connectivity index (χ1v) is 11.3. The van der Waals surface area contributed by atoms with Crippen LogP contribution in [0, 0.1) is 0 Å². The van der Waals surface area contributed by atoms with E-state index in [1.165, 1.54) is 11.1 Å². The molecule has 6 nitrogen and oxygen atoms in total. The van der Waals surface area contributed by atoms with Crippen LogP contribution in [0.15, 0.2) is 60.7 Å². The summed E-state index contributed by atoms with van der Waals surface area (Å²) < 4.78 is 24.1. The number of benzene rings is 2. The Kier molecular flexibility index (Phi) is 6.64. The Morgan fingerprint density at radius 3 is 2.19 bits per heavy atom. The van der Waals surface area contributed by atoms with Gasteiger partial charge in [0, 0.05) is 19.7 Å². The maximum atomic E-state index is 11.3. The van der Waals surface area contributed by atoms with Crippen LogP contribution in [-0.4, -0.2) is 60.2 Å². The van der Waals surface area contributed by atoms with Crippen LogP contribution in [-0.2, 0) is 32.0 Å². The molecule has 0 amide bonds.